The number of nitrogens with zero attached hydrogens (tertiary/aromatic N) is 2. The largest absolute Gasteiger partial charge is 0.416 e. The zero-order valence-electron chi connectivity index (χ0n) is 24.1. The van der Waals surface area contributed by atoms with E-state index in [1.165, 1.54) is 29.2 Å². The van der Waals surface area contributed by atoms with Gasteiger partial charge in [0.05, 0.1) is 21.2 Å². The summed E-state index contributed by atoms with van der Waals surface area (Å²) >= 11 is 6.29. The Labute approximate surface area is 255 Å². The number of benzene rings is 3. The van der Waals surface area contributed by atoms with Crippen LogP contribution in [0.5, 0.6) is 0 Å². The van der Waals surface area contributed by atoms with E-state index in [4.69, 9.17) is 11.6 Å². The average Bonchev–Trinajstić information content (AvgIpc) is 2.98. The first kappa shape index (κ1) is 33.9. The van der Waals surface area contributed by atoms with E-state index in [0.717, 1.165) is 17.7 Å². The molecule has 2 amide bonds. The van der Waals surface area contributed by atoms with E-state index in [1.807, 2.05) is 44.2 Å². The second-order valence-corrected chi connectivity index (χ2v) is 12.3. The van der Waals surface area contributed by atoms with Gasteiger partial charge in [-0.05, 0) is 62.1 Å². The van der Waals surface area contributed by atoms with Crippen molar-refractivity contribution in [3.05, 3.63) is 95.0 Å². The quantitative estimate of drug-likeness (QED) is 0.238. The molecule has 7 nitrogen and oxygen atoms in total. The first-order chi connectivity index (χ1) is 20.3. The molecule has 0 aliphatic heterocycles. The van der Waals surface area contributed by atoms with Crippen molar-refractivity contribution in [3.63, 3.8) is 0 Å². The van der Waals surface area contributed by atoms with Gasteiger partial charge in [-0.3, -0.25) is 13.9 Å². The van der Waals surface area contributed by atoms with Gasteiger partial charge in [0.2, 0.25) is 11.8 Å². The minimum absolute atomic E-state index is 0.0603. The number of halogens is 4. The highest BCUT2D eigenvalue weighted by molar-refractivity contribution is 7.92. The van der Waals surface area contributed by atoms with E-state index in [1.54, 1.807) is 13.0 Å². The van der Waals surface area contributed by atoms with Crippen molar-refractivity contribution in [1.82, 2.24) is 10.2 Å². The number of carbonyl (C=O) groups excluding carboxylic acids is 2. The van der Waals surface area contributed by atoms with E-state index in [2.05, 4.69) is 5.32 Å². The highest BCUT2D eigenvalue weighted by Crippen LogP contribution is 2.37. The molecule has 0 fully saturated rings. The second-order valence-electron chi connectivity index (χ2n) is 10.1. The van der Waals surface area contributed by atoms with Crippen LogP contribution < -0.4 is 9.62 Å². The maximum absolute atomic E-state index is 14.1. The summed E-state index contributed by atoms with van der Waals surface area (Å²) in [4.78, 5) is 28.4. The van der Waals surface area contributed by atoms with Gasteiger partial charge in [-0.25, -0.2) is 8.42 Å². The molecule has 0 saturated heterocycles. The zero-order chi connectivity index (χ0) is 31.8. The Kier molecular flexibility index (Phi) is 11.6. The molecule has 232 valence electrons. The van der Waals surface area contributed by atoms with Crippen LogP contribution >= 0.6 is 11.6 Å². The third kappa shape index (κ3) is 8.73. The van der Waals surface area contributed by atoms with E-state index >= 15 is 0 Å². The molecule has 0 aliphatic rings. The number of sulfonamides is 1. The van der Waals surface area contributed by atoms with Gasteiger partial charge in [-0.15, -0.1) is 0 Å². The molecule has 0 bridgehead atoms. The molecule has 12 heteroatoms. The molecule has 3 rings (SSSR count). The van der Waals surface area contributed by atoms with Crippen LogP contribution in [0.15, 0.2) is 83.8 Å². The average molecular weight is 638 g/mol. The van der Waals surface area contributed by atoms with E-state index in [9.17, 15) is 31.2 Å². The van der Waals surface area contributed by atoms with Crippen LogP contribution in [0.3, 0.4) is 0 Å². The second kappa shape index (κ2) is 14.7. The Balaban J connectivity index is 2.10. The van der Waals surface area contributed by atoms with Gasteiger partial charge in [-0.2, -0.15) is 13.2 Å². The number of hydrogen-bond acceptors (Lipinski definition) is 4. The van der Waals surface area contributed by atoms with E-state index < -0.39 is 51.9 Å². The first-order valence-corrected chi connectivity index (χ1v) is 15.7. The van der Waals surface area contributed by atoms with Crippen LogP contribution in [0.1, 0.15) is 44.7 Å². The Morgan fingerprint density at radius 1 is 0.930 bits per heavy atom. The summed E-state index contributed by atoms with van der Waals surface area (Å²) in [6, 6.07) is 17.4. The Morgan fingerprint density at radius 3 is 2.09 bits per heavy atom. The first-order valence-electron chi connectivity index (χ1n) is 13.9. The summed E-state index contributed by atoms with van der Waals surface area (Å²) in [6.07, 6.45) is -3.57. The van der Waals surface area contributed by atoms with Crippen molar-refractivity contribution in [1.29, 1.82) is 0 Å². The molecule has 0 saturated carbocycles. The number of amides is 2. The molecule has 2 atom stereocenters. The molecule has 0 heterocycles. The molecule has 0 aliphatic carbocycles. The van der Waals surface area contributed by atoms with Crippen LogP contribution in [0.4, 0.5) is 18.9 Å². The maximum Gasteiger partial charge on any atom is 0.416 e. The summed E-state index contributed by atoms with van der Waals surface area (Å²) < 4.78 is 69.4. The fourth-order valence-corrected chi connectivity index (χ4v) is 6.17. The number of nitrogens with one attached hydrogen (secondary N) is 1. The molecule has 0 aromatic heterocycles. The summed E-state index contributed by atoms with van der Waals surface area (Å²) in [7, 11) is -4.58. The summed E-state index contributed by atoms with van der Waals surface area (Å²) in [5.41, 5.74) is -0.756. The molecular formula is C31H35ClF3N3O4S. The Morgan fingerprint density at radius 2 is 1.53 bits per heavy atom. The van der Waals surface area contributed by atoms with Crippen molar-refractivity contribution >= 4 is 39.1 Å². The molecule has 0 unspecified atom stereocenters. The van der Waals surface area contributed by atoms with Crippen molar-refractivity contribution in [2.24, 2.45) is 0 Å². The van der Waals surface area contributed by atoms with Crippen molar-refractivity contribution in [2.75, 3.05) is 17.4 Å². The van der Waals surface area contributed by atoms with Crippen molar-refractivity contribution < 1.29 is 31.2 Å². The van der Waals surface area contributed by atoms with E-state index in [-0.39, 0.29) is 28.9 Å². The zero-order valence-corrected chi connectivity index (χ0v) is 25.7. The molecular weight excluding hydrogens is 603 g/mol. The summed E-state index contributed by atoms with van der Waals surface area (Å²) in [5, 5.41) is 2.58. The fraction of sp³-hybridized carbons (Fsp3) is 0.355. The van der Waals surface area contributed by atoms with Gasteiger partial charge in [-0.1, -0.05) is 74.0 Å². The van der Waals surface area contributed by atoms with Crippen LogP contribution in [0, 0.1) is 0 Å². The maximum atomic E-state index is 14.1. The molecule has 3 aromatic rings. The normalized spacial score (nSPS) is 13.2. The highest BCUT2D eigenvalue weighted by Gasteiger charge is 2.37. The number of anilines is 1. The predicted molar refractivity (Wildman–Crippen MR) is 161 cm³/mol. The topological polar surface area (TPSA) is 86.8 Å². The smallest absolute Gasteiger partial charge is 0.352 e. The third-order valence-corrected chi connectivity index (χ3v) is 9.12. The lowest BCUT2D eigenvalue weighted by Gasteiger charge is -2.34. The third-order valence-electron chi connectivity index (χ3n) is 7.02. The lowest BCUT2D eigenvalue weighted by atomic mass is 10.1. The number of hydrogen-bond donors (Lipinski definition) is 1. The van der Waals surface area contributed by atoms with Gasteiger partial charge in [0.15, 0.2) is 0 Å². The van der Waals surface area contributed by atoms with Gasteiger partial charge in [0.25, 0.3) is 10.0 Å². The minimum Gasteiger partial charge on any atom is -0.352 e. The van der Waals surface area contributed by atoms with Crippen molar-refractivity contribution in [2.45, 2.75) is 63.2 Å². The van der Waals surface area contributed by atoms with Crippen LogP contribution in [0.2, 0.25) is 5.02 Å². The molecule has 0 radical (unpaired) electrons. The highest BCUT2D eigenvalue weighted by atomic mass is 35.5. The molecule has 3 aromatic carbocycles. The van der Waals surface area contributed by atoms with Gasteiger partial charge < -0.3 is 10.2 Å². The summed E-state index contributed by atoms with van der Waals surface area (Å²) in [5.74, 6) is -1.18. The fourth-order valence-electron chi connectivity index (χ4n) is 4.45. The molecule has 0 spiro atoms. The number of rotatable bonds is 13. The lowest BCUT2D eigenvalue weighted by Crippen LogP contribution is -2.54. The van der Waals surface area contributed by atoms with Crippen molar-refractivity contribution in [3.8, 4) is 0 Å². The van der Waals surface area contributed by atoms with Crippen LogP contribution in [0.25, 0.3) is 0 Å². The molecule has 1 N–H and O–H groups in total. The SMILES string of the molecule is CC[C@H](C(=O)N[C@@H](C)CC)N(CCc1ccccc1)C(=O)CN(c1cc(C(F)(F)F)ccc1Cl)S(=O)(=O)c1ccccc1. The van der Waals surface area contributed by atoms with Crippen LogP contribution in [-0.2, 0) is 32.2 Å². The number of carbonyl (C=O) groups is 2. The Hall–Kier alpha value is -3.57. The van der Waals surface area contributed by atoms with Gasteiger partial charge >= 0.3 is 6.18 Å². The van der Waals surface area contributed by atoms with E-state index in [0.29, 0.717) is 23.2 Å². The van der Waals surface area contributed by atoms with Gasteiger partial charge in [0, 0.05) is 12.6 Å². The molecule has 43 heavy (non-hydrogen) atoms. The standard InChI is InChI=1S/C31H35ClF3N3O4S/c1-4-22(3)36-30(40)27(5-2)37(19-18-23-12-8-6-9-13-23)29(39)21-38(43(41,42)25-14-10-7-11-15-25)28-20-24(31(33,34)35)16-17-26(28)32/h6-17,20,22,27H,4-5,18-19,21H2,1-3H3,(H,36,40)/t22-,27+/m0/s1. The monoisotopic (exact) mass is 637 g/mol. The van der Waals surface area contributed by atoms with Gasteiger partial charge in [0.1, 0.15) is 12.6 Å². The summed E-state index contributed by atoms with van der Waals surface area (Å²) in [6.45, 7) is 4.62. The minimum atomic E-state index is -4.80. The Bertz CT molecular complexity index is 1490. The lowest BCUT2D eigenvalue weighted by molar-refractivity contribution is -0.139. The van der Waals surface area contributed by atoms with Crippen LogP contribution in [-0.4, -0.2) is 50.3 Å². The number of alkyl halides is 3. The predicted octanol–water partition coefficient (Wildman–Crippen LogP) is 6.32.